The zero-order valence-corrected chi connectivity index (χ0v) is 25.0. The molecule has 0 atom stereocenters. The van der Waals surface area contributed by atoms with Crippen LogP contribution >= 0.6 is 11.8 Å². The van der Waals surface area contributed by atoms with Crippen LogP contribution < -0.4 is 30.2 Å². The third-order valence-electron chi connectivity index (χ3n) is 6.19. The molecule has 0 aliphatic carbocycles. The lowest BCUT2D eigenvalue weighted by Gasteiger charge is -2.15. The molecule has 9 nitrogen and oxygen atoms in total. The second kappa shape index (κ2) is 15.3. The van der Waals surface area contributed by atoms with E-state index in [0.717, 1.165) is 4.90 Å². The van der Waals surface area contributed by atoms with Gasteiger partial charge in [0.05, 0.1) is 32.8 Å². The van der Waals surface area contributed by atoms with Gasteiger partial charge in [0.15, 0.2) is 11.5 Å². The van der Waals surface area contributed by atoms with Gasteiger partial charge in [-0.3, -0.25) is 14.4 Å². The van der Waals surface area contributed by atoms with Gasteiger partial charge in [-0.15, -0.1) is 11.8 Å². The normalized spacial score (nSPS) is 10.9. The van der Waals surface area contributed by atoms with Gasteiger partial charge in [-0.25, -0.2) is 4.39 Å². The summed E-state index contributed by atoms with van der Waals surface area (Å²) >= 11 is 1.25. The van der Waals surface area contributed by atoms with E-state index in [1.807, 2.05) is 0 Å². The van der Waals surface area contributed by atoms with Crippen LogP contribution in [0.2, 0.25) is 0 Å². The van der Waals surface area contributed by atoms with Gasteiger partial charge < -0.3 is 30.2 Å². The quantitative estimate of drug-likeness (QED) is 0.132. The van der Waals surface area contributed by atoms with Crippen LogP contribution in [0.1, 0.15) is 15.9 Å². The molecule has 44 heavy (non-hydrogen) atoms. The van der Waals surface area contributed by atoms with E-state index >= 15 is 0 Å². The fourth-order valence-electron chi connectivity index (χ4n) is 3.99. The molecule has 4 aromatic carbocycles. The molecule has 0 fully saturated rings. The number of hydrogen-bond donors (Lipinski definition) is 3. The number of ether oxygens (including phenoxy) is 3. The first kappa shape index (κ1) is 31.6. The molecule has 0 saturated heterocycles. The standard InChI is InChI=1S/C33H30FN3O6S/c1-41-28-19-30(43-3)29(42-2)18-22(28)17-27(37-32(39)21-9-5-4-6-10-21)33(40)35-23-13-15-24(16-14-23)44-20-31(38)36-26-12-8-7-11-25(26)34/h4-19H,20H2,1-3H3,(H,35,40)(H,36,38)(H,37,39)/b27-17-. The SMILES string of the molecule is COc1cc(OC)c(OC)cc1/C=C(\NC(=O)c1ccccc1)C(=O)Nc1ccc(SCC(=O)Nc2ccccc2F)cc1. The average molecular weight is 616 g/mol. The Morgan fingerprint density at radius 2 is 1.41 bits per heavy atom. The van der Waals surface area contributed by atoms with Gasteiger partial charge in [0.25, 0.3) is 11.8 Å². The highest BCUT2D eigenvalue weighted by atomic mass is 32.2. The maximum Gasteiger partial charge on any atom is 0.272 e. The van der Waals surface area contributed by atoms with Crippen molar-refractivity contribution in [1.29, 1.82) is 0 Å². The maximum absolute atomic E-state index is 13.8. The Bertz CT molecular complexity index is 1660. The summed E-state index contributed by atoms with van der Waals surface area (Å²) in [6.07, 6.45) is 1.48. The summed E-state index contributed by atoms with van der Waals surface area (Å²) in [4.78, 5) is 39.5. The number of carbonyl (C=O) groups is 3. The van der Waals surface area contributed by atoms with Crippen molar-refractivity contribution in [3.8, 4) is 17.2 Å². The highest BCUT2D eigenvalue weighted by molar-refractivity contribution is 8.00. The summed E-state index contributed by atoms with van der Waals surface area (Å²) in [6, 6.07) is 24.5. The Kier molecular flexibility index (Phi) is 11.0. The van der Waals surface area contributed by atoms with Crippen molar-refractivity contribution in [2.45, 2.75) is 4.90 Å². The third kappa shape index (κ3) is 8.39. The van der Waals surface area contributed by atoms with Gasteiger partial charge in [-0.05, 0) is 60.7 Å². The largest absolute Gasteiger partial charge is 0.496 e. The van der Waals surface area contributed by atoms with Crippen LogP contribution in [-0.4, -0.2) is 44.8 Å². The van der Waals surface area contributed by atoms with Gasteiger partial charge in [0.1, 0.15) is 17.3 Å². The monoisotopic (exact) mass is 615 g/mol. The summed E-state index contributed by atoms with van der Waals surface area (Å²) in [7, 11) is 4.46. The number of carbonyl (C=O) groups excluding carboxylic acids is 3. The number of anilines is 2. The lowest BCUT2D eigenvalue weighted by molar-refractivity contribution is -0.114. The molecule has 11 heteroatoms. The molecule has 0 radical (unpaired) electrons. The summed E-state index contributed by atoms with van der Waals surface area (Å²) in [6.45, 7) is 0. The molecule has 0 aliphatic rings. The van der Waals surface area contributed by atoms with E-state index in [1.165, 1.54) is 51.3 Å². The first-order valence-electron chi connectivity index (χ1n) is 13.3. The number of halogens is 1. The minimum Gasteiger partial charge on any atom is -0.496 e. The maximum atomic E-state index is 13.8. The number of amides is 3. The lowest BCUT2D eigenvalue weighted by Crippen LogP contribution is -2.30. The molecule has 0 saturated carbocycles. The average Bonchev–Trinajstić information content (AvgIpc) is 3.05. The van der Waals surface area contributed by atoms with Crippen molar-refractivity contribution < 1.29 is 33.0 Å². The predicted octanol–water partition coefficient (Wildman–Crippen LogP) is 5.99. The smallest absolute Gasteiger partial charge is 0.272 e. The molecular formula is C33H30FN3O6S. The van der Waals surface area contributed by atoms with Gasteiger partial charge in [-0.2, -0.15) is 0 Å². The zero-order chi connectivity index (χ0) is 31.5. The fourth-order valence-corrected chi connectivity index (χ4v) is 4.69. The molecule has 0 spiro atoms. The Labute approximate surface area is 258 Å². The van der Waals surface area contributed by atoms with Crippen molar-refractivity contribution >= 4 is 46.9 Å². The predicted molar refractivity (Wildman–Crippen MR) is 169 cm³/mol. The van der Waals surface area contributed by atoms with Crippen LogP contribution in [0.25, 0.3) is 6.08 Å². The van der Waals surface area contributed by atoms with Gasteiger partial charge in [0, 0.05) is 27.8 Å². The van der Waals surface area contributed by atoms with Crippen molar-refractivity contribution in [1.82, 2.24) is 5.32 Å². The molecule has 0 aromatic heterocycles. The molecule has 226 valence electrons. The van der Waals surface area contributed by atoms with Crippen LogP contribution in [0.4, 0.5) is 15.8 Å². The van der Waals surface area contributed by atoms with E-state index < -0.39 is 17.6 Å². The first-order valence-corrected chi connectivity index (χ1v) is 14.3. The van der Waals surface area contributed by atoms with Crippen molar-refractivity contribution in [2.75, 3.05) is 37.7 Å². The van der Waals surface area contributed by atoms with E-state index in [2.05, 4.69) is 16.0 Å². The number of thioether (sulfide) groups is 1. The molecule has 3 amide bonds. The highest BCUT2D eigenvalue weighted by Gasteiger charge is 2.18. The first-order chi connectivity index (χ1) is 21.3. The Morgan fingerprint density at radius 1 is 0.773 bits per heavy atom. The number of methoxy groups -OCH3 is 3. The second-order valence-electron chi connectivity index (χ2n) is 9.12. The molecule has 3 N–H and O–H groups in total. The van der Waals surface area contributed by atoms with Gasteiger partial charge in [0.2, 0.25) is 5.91 Å². The zero-order valence-electron chi connectivity index (χ0n) is 24.2. The molecule has 0 bridgehead atoms. The van der Waals surface area contributed by atoms with E-state index in [1.54, 1.807) is 78.9 Å². The summed E-state index contributed by atoms with van der Waals surface area (Å²) in [5.74, 6) is -0.639. The van der Waals surface area contributed by atoms with Crippen molar-refractivity contribution in [2.24, 2.45) is 0 Å². The number of rotatable bonds is 12. The van der Waals surface area contributed by atoms with Crippen molar-refractivity contribution in [3.63, 3.8) is 0 Å². The third-order valence-corrected chi connectivity index (χ3v) is 7.21. The van der Waals surface area contributed by atoms with Crippen LogP contribution in [0.15, 0.2) is 102 Å². The van der Waals surface area contributed by atoms with Gasteiger partial charge in [-0.1, -0.05) is 30.3 Å². The minimum atomic E-state index is -0.587. The molecule has 4 rings (SSSR count). The van der Waals surface area contributed by atoms with E-state index in [-0.39, 0.29) is 23.0 Å². The minimum absolute atomic E-state index is 0.0485. The molecule has 0 unspecified atom stereocenters. The topological polar surface area (TPSA) is 115 Å². The van der Waals surface area contributed by atoms with Crippen LogP contribution in [-0.2, 0) is 9.59 Å². The molecule has 0 aliphatic heterocycles. The summed E-state index contributed by atoms with van der Waals surface area (Å²) in [5.41, 5.74) is 1.35. The molecule has 0 heterocycles. The number of nitrogens with one attached hydrogen (secondary N) is 3. The summed E-state index contributed by atoms with van der Waals surface area (Å²) < 4.78 is 30.0. The fraction of sp³-hybridized carbons (Fsp3) is 0.121. The van der Waals surface area contributed by atoms with Crippen molar-refractivity contribution in [3.05, 3.63) is 114 Å². The molecule has 4 aromatic rings. The Balaban J connectivity index is 1.51. The van der Waals surface area contributed by atoms with Crippen LogP contribution in [0.5, 0.6) is 17.2 Å². The number of hydrogen-bond acceptors (Lipinski definition) is 7. The van der Waals surface area contributed by atoms with E-state index in [4.69, 9.17) is 14.2 Å². The Morgan fingerprint density at radius 3 is 2.07 bits per heavy atom. The highest BCUT2D eigenvalue weighted by Crippen LogP contribution is 2.35. The number of benzene rings is 4. The summed E-state index contributed by atoms with van der Waals surface area (Å²) in [5, 5.41) is 8.03. The lowest BCUT2D eigenvalue weighted by atomic mass is 10.1. The van der Waals surface area contributed by atoms with Crippen LogP contribution in [0, 0.1) is 5.82 Å². The van der Waals surface area contributed by atoms with E-state index in [9.17, 15) is 18.8 Å². The van der Waals surface area contributed by atoms with Gasteiger partial charge >= 0.3 is 0 Å². The Hall–Kier alpha value is -5.29. The molecular weight excluding hydrogens is 585 g/mol. The van der Waals surface area contributed by atoms with E-state index in [0.29, 0.717) is 34.1 Å². The van der Waals surface area contributed by atoms with Crippen LogP contribution in [0.3, 0.4) is 0 Å². The number of para-hydroxylation sites is 1. The second-order valence-corrected chi connectivity index (χ2v) is 10.2.